The van der Waals surface area contributed by atoms with E-state index >= 15 is 0 Å². The Bertz CT molecular complexity index is 552. The van der Waals surface area contributed by atoms with Gasteiger partial charge in [0.2, 0.25) is 5.91 Å². The fourth-order valence-corrected chi connectivity index (χ4v) is 1.74. The minimum absolute atomic E-state index is 0.0511. The topological polar surface area (TPSA) is 54.0 Å². The van der Waals surface area contributed by atoms with Crippen LogP contribution in [0.5, 0.6) is 0 Å². The van der Waals surface area contributed by atoms with E-state index in [1.807, 2.05) is 56.3 Å². The van der Waals surface area contributed by atoms with Gasteiger partial charge in [-0.3, -0.25) is 9.78 Å². The van der Waals surface area contributed by atoms with Crippen LogP contribution in [-0.2, 0) is 11.3 Å². The molecule has 20 heavy (non-hydrogen) atoms. The van der Waals surface area contributed by atoms with E-state index in [-0.39, 0.29) is 11.9 Å². The highest BCUT2D eigenvalue weighted by Gasteiger charge is 2.12. The molecule has 1 aromatic heterocycles. The van der Waals surface area contributed by atoms with Crippen LogP contribution in [0.1, 0.15) is 18.2 Å². The summed E-state index contributed by atoms with van der Waals surface area (Å²) in [5.74, 6) is -0.0511. The summed E-state index contributed by atoms with van der Waals surface area (Å²) in [4.78, 5) is 16.2. The van der Waals surface area contributed by atoms with Crippen molar-refractivity contribution in [3.8, 4) is 0 Å². The van der Waals surface area contributed by atoms with Gasteiger partial charge in [-0.05, 0) is 38.1 Å². The maximum Gasteiger partial charge on any atom is 0.241 e. The first-order valence-corrected chi connectivity index (χ1v) is 6.66. The number of rotatable bonds is 5. The Kier molecular flexibility index (Phi) is 4.85. The number of carbonyl (C=O) groups excluding carboxylic acids is 1. The van der Waals surface area contributed by atoms with Crippen LogP contribution in [0.15, 0.2) is 48.7 Å². The van der Waals surface area contributed by atoms with Crippen LogP contribution in [-0.4, -0.2) is 16.9 Å². The van der Waals surface area contributed by atoms with Crippen molar-refractivity contribution in [2.24, 2.45) is 0 Å². The minimum atomic E-state index is -0.279. The van der Waals surface area contributed by atoms with E-state index in [2.05, 4.69) is 15.6 Å². The Balaban J connectivity index is 1.84. The van der Waals surface area contributed by atoms with Gasteiger partial charge in [0.15, 0.2) is 0 Å². The predicted octanol–water partition coefficient (Wildman–Crippen LogP) is 2.51. The van der Waals surface area contributed by atoms with Crippen molar-refractivity contribution in [3.05, 3.63) is 59.9 Å². The van der Waals surface area contributed by atoms with E-state index in [0.29, 0.717) is 6.54 Å². The van der Waals surface area contributed by atoms with Gasteiger partial charge in [0.1, 0.15) is 0 Å². The molecular weight excluding hydrogens is 250 g/mol. The minimum Gasteiger partial charge on any atom is -0.325 e. The summed E-state index contributed by atoms with van der Waals surface area (Å²) in [5, 5.41) is 6.04. The van der Waals surface area contributed by atoms with Gasteiger partial charge in [-0.15, -0.1) is 0 Å². The van der Waals surface area contributed by atoms with E-state index in [9.17, 15) is 4.79 Å². The molecule has 1 unspecified atom stereocenters. The molecule has 0 aliphatic heterocycles. The summed E-state index contributed by atoms with van der Waals surface area (Å²) in [7, 11) is 0. The van der Waals surface area contributed by atoms with Gasteiger partial charge in [0.25, 0.3) is 0 Å². The second-order valence-corrected chi connectivity index (χ2v) is 4.78. The predicted molar refractivity (Wildman–Crippen MR) is 80.3 cm³/mol. The fraction of sp³-hybridized carbons (Fsp3) is 0.250. The van der Waals surface area contributed by atoms with Crippen LogP contribution < -0.4 is 10.6 Å². The first-order valence-electron chi connectivity index (χ1n) is 6.66. The molecule has 4 nitrogen and oxygen atoms in total. The average Bonchev–Trinajstić information content (AvgIpc) is 2.48. The van der Waals surface area contributed by atoms with Crippen molar-refractivity contribution in [2.45, 2.75) is 26.4 Å². The zero-order chi connectivity index (χ0) is 14.4. The molecule has 2 aromatic rings. The molecule has 104 valence electrons. The number of hydrogen-bond donors (Lipinski definition) is 2. The molecule has 0 saturated carbocycles. The Morgan fingerprint density at radius 3 is 2.60 bits per heavy atom. The van der Waals surface area contributed by atoms with Crippen molar-refractivity contribution in [2.75, 3.05) is 5.32 Å². The van der Waals surface area contributed by atoms with Crippen LogP contribution in [0, 0.1) is 6.92 Å². The highest BCUT2D eigenvalue weighted by atomic mass is 16.2. The molecule has 0 aliphatic carbocycles. The van der Waals surface area contributed by atoms with Crippen molar-refractivity contribution in [1.82, 2.24) is 10.3 Å². The van der Waals surface area contributed by atoms with Gasteiger partial charge in [-0.2, -0.15) is 0 Å². The number of carbonyl (C=O) groups is 1. The maximum absolute atomic E-state index is 12.0. The highest BCUT2D eigenvalue weighted by molar-refractivity contribution is 5.94. The molecule has 0 aliphatic rings. The number of aromatic nitrogens is 1. The Labute approximate surface area is 119 Å². The Morgan fingerprint density at radius 2 is 1.95 bits per heavy atom. The molecule has 0 saturated heterocycles. The zero-order valence-electron chi connectivity index (χ0n) is 11.8. The molecule has 1 amide bonds. The monoisotopic (exact) mass is 269 g/mol. The molecule has 4 heteroatoms. The van der Waals surface area contributed by atoms with E-state index in [4.69, 9.17) is 0 Å². The van der Waals surface area contributed by atoms with Crippen molar-refractivity contribution in [1.29, 1.82) is 0 Å². The molecule has 2 rings (SSSR count). The summed E-state index contributed by atoms with van der Waals surface area (Å²) in [5.41, 5.74) is 2.90. The SMILES string of the molecule is Cc1ccc(NC(=O)C(C)NCc2ccccn2)cc1. The summed E-state index contributed by atoms with van der Waals surface area (Å²) in [6, 6.07) is 13.2. The molecular formula is C16H19N3O. The molecule has 1 heterocycles. The quantitative estimate of drug-likeness (QED) is 0.877. The summed E-state index contributed by atoms with van der Waals surface area (Å²) >= 11 is 0. The Hall–Kier alpha value is -2.20. The van der Waals surface area contributed by atoms with E-state index in [1.54, 1.807) is 6.20 Å². The molecule has 0 spiro atoms. The zero-order valence-corrected chi connectivity index (χ0v) is 11.8. The fourth-order valence-electron chi connectivity index (χ4n) is 1.74. The van der Waals surface area contributed by atoms with Gasteiger partial charge < -0.3 is 10.6 Å². The summed E-state index contributed by atoms with van der Waals surface area (Å²) in [6.07, 6.45) is 1.74. The molecule has 0 fully saturated rings. The Morgan fingerprint density at radius 1 is 1.20 bits per heavy atom. The number of amides is 1. The third-order valence-electron chi connectivity index (χ3n) is 3.03. The van der Waals surface area contributed by atoms with Crippen LogP contribution in [0.4, 0.5) is 5.69 Å². The first kappa shape index (κ1) is 14.2. The van der Waals surface area contributed by atoms with Gasteiger partial charge >= 0.3 is 0 Å². The van der Waals surface area contributed by atoms with Crippen molar-refractivity contribution < 1.29 is 4.79 Å². The number of pyridine rings is 1. The average molecular weight is 269 g/mol. The summed E-state index contributed by atoms with van der Waals surface area (Å²) < 4.78 is 0. The van der Waals surface area contributed by atoms with Gasteiger partial charge in [-0.25, -0.2) is 0 Å². The summed E-state index contributed by atoms with van der Waals surface area (Å²) in [6.45, 7) is 4.43. The molecule has 2 N–H and O–H groups in total. The highest BCUT2D eigenvalue weighted by Crippen LogP contribution is 2.08. The van der Waals surface area contributed by atoms with E-state index in [1.165, 1.54) is 5.56 Å². The molecule has 0 bridgehead atoms. The number of hydrogen-bond acceptors (Lipinski definition) is 3. The maximum atomic E-state index is 12.0. The van der Waals surface area contributed by atoms with Gasteiger partial charge in [0.05, 0.1) is 11.7 Å². The third-order valence-corrected chi connectivity index (χ3v) is 3.03. The first-order chi connectivity index (χ1) is 9.65. The smallest absolute Gasteiger partial charge is 0.241 e. The number of nitrogens with one attached hydrogen (secondary N) is 2. The molecule has 0 radical (unpaired) electrons. The lowest BCUT2D eigenvalue weighted by atomic mass is 10.2. The second-order valence-electron chi connectivity index (χ2n) is 4.78. The number of aryl methyl sites for hydroxylation is 1. The largest absolute Gasteiger partial charge is 0.325 e. The van der Waals surface area contributed by atoms with Crippen LogP contribution in [0.2, 0.25) is 0 Å². The second kappa shape index (κ2) is 6.82. The molecule has 1 aromatic carbocycles. The van der Waals surface area contributed by atoms with Crippen LogP contribution in [0.3, 0.4) is 0 Å². The molecule has 1 atom stereocenters. The van der Waals surface area contributed by atoms with Gasteiger partial charge in [-0.1, -0.05) is 23.8 Å². The van der Waals surface area contributed by atoms with Crippen LogP contribution >= 0.6 is 0 Å². The van der Waals surface area contributed by atoms with Gasteiger partial charge in [0, 0.05) is 18.4 Å². The normalized spacial score (nSPS) is 11.9. The van der Waals surface area contributed by atoms with E-state index in [0.717, 1.165) is 11.4 Å². The lowest BCUT2D eigenvalue weighted by Gasteiger charge is -2.14. The lowest BCUT2D eigenvalue weighted by Crippen LogP contribution is -2.37. The van der Waals surface area contributed by atoms with Crippen molar-refractivity contribution in [3.63, 3.8) is 0 Å². The third kappa shape index (κ3) is 4.17. The number of anilines is 1. The standard InChI is InChI=1S/C16H19N3O/c1-12-6-8-14(9-7-12)19-16(20)13(2)18-11-15-5-3-4-10-17-15/h3-10,13,18H,11H2,1-2H3,(H,19,20). The number of nitrogens with zero attached hydrogens (tertiary/aromatic N) is 1. The van der Waals surface area contributed by atoms with E-state index < -0.39 is 0 Å². The van der Waals surface area contributed by atoms with Crippen molar-refractivity contribution >= 4 is 11.6 Å². The lowest BCUT2D eigenvalue weighted by molar-refractivity contribution is -0.117. The number of benzene rings is 1. The van der Waals surface area contributed by atoms with Crippen LogP contribution in [0.25, 0.3) is 0 Å².